The highest BCUT2D eigenvalue weighted by atomic mass is 19.2. The largest absolute Gasteiger partial charge is 0.478 e. The van der Waals surface area contributed by atoms with Crippen LogP contribution < -0.4 is 15.0 Å². The summed E-state index contributed by atoms with van der Waals surface area (Å²) in [6.07, 6.45) is -0.681. The number of nitrogens with one attached hydrogen (secondary N) is 1. The average Bonchev–Trinajstić information content (AvgIpc) is 2.63. The quantitative estimate of drug-likeness (QED) is 0.849. The van der Waals surface area contributed by atoms with E-state index < -0.39 is 35.0 Å². The molecule has 2 aromatic carbocycles. The zero-order valence-corrected chi connectivity index (χ0v) is 13.8. The maximum absolute atomic E-state index is 13.6. The lowest BCUT2D eigenvalue weighted by molar-refractivity contribution is -0.126. The molecule has 26 heavy (non-hydrogen) atoms. The zero-order valence-electron chi connectivity index (χ0n) is 13.8. The first-order chi connectivity index (χ1) is 12.4. The number of halogens is 3. The first-order valence-electron chi connectivity index (χ1n) is 7.85. The number of para-hydroxylation sites is 2. The molecule has 136 valence electrons. The van der Waals surface area contributed by atoms with Gasteiger partial charge in [0.1, 0.15) is 5.75 Å². The normalized spacial score (nSPS) is 16.1. The maximum Gasteiger partial charge on any atom is 0.267 e. The summed E-state index contributed by atoms with van der Waals surface area (Å²) in [7, 11) is 1.62. The van der Waals surface area contributed by atoms with Gasteiger partial charge in [0, 0.05) is 20.0 Å². The molecule has 0 bridgehead atoms. The molecule has 0 saturated heterocycles. The Bertz CT molecular complexity index is 873. The fraction of sp³-hybridized carbons (Fsp3) is 0.222. The van der Waals surface area contributed by atoms with E-state index in [2.05, 4.69) is 5.32 Å². The fourth-order valence-corrected chi connectivity index (χ4v) is 2.67. The summed E-state index contributed by atoms with van der Waals surface area (Å²) in [5.41, 5.74) is 0.0314. The molecule has 1 aliphatic rings. The standard InChI is InChI=1S/C18H15F3N2O3/c1-23-12-4-2-3-5-13(12)26-14(18(23)25)8-9-22-17(24)10-6-7-11(19)16(21)15(10)20/h2-7,14H,8-9H2,1H3,(H,22,24). The zero-order chi connectivity index (χ0) is 18.8. The van der Waals surface area contributed by atoms with Crippen LogP contribution in [0.1, 0.15) is 16.8 Å². The molecule has 2 aromatic rings. The molecule has 0 radical (unpaired) electrons. The highest BCUT2D eigenvalue weighted by Crippen LogP contribution is 2.33. The predicted molar refractivity (Wildman–Crippen MR) is 87.5 cm³/mol. The first-order valence-corrected chi connectivity index (χ1v) is 7.85. The highest BCUT2D eigenvalue weighted by Gasteiger charge is 2.31. The van der Waals surface area contributed by atoms with Crippen molar-refractivity contribution in [2.45, 2.75) is 12.5 Å². The molecule has 5 nitrogen and oxygen atoms in total. The summed E-state index contributed by atoms with van der Waals surface area (Å²) >= 11 is 0. The number of hydrogen-bond acceptors (Lipinski definition) is 3. The van der Waals surface area contributed by atoms with Crippen molar-refractivity contribution in [3.8, 4) is 5.75 Å². The van der Waals surface area contributed by atoms with Crippen LogP contribution in [0.5, 0.6) is 5.75 Å². The van der Waals surface area contributed by atoms with Crippen LogP contribution in [0.25, 0.3) is 0 Å². The molecule has 1 N–H and O–H groups in total. The summed E-state index contributed by atoms with van der Waals surface area (Å²) in [4.78, 5) is 25.7. The van der Waals surface area contributed by atoms with E-state index in [-0.39, 0.29) is 18.9 Å². The van der Waals surface area contributed by atoms with Crippen LogP contribution in [-0.4, -0.2) is 31.5 Å². The van der Waals surface area contributed by atoms with Gasteiger partial charge in [0.05, 0.1) is 11.3 Å². The second-order valence-electron chi connectivity index (χ2n) is 5.74. The van der Waals surface area contributed by atoms with Crippen molar-refractivity contribution in [2.75, 3.05) is 18.5 Å². The number of ether oxygens (including phenoxy) is 1. The molecule has 3 rings (SSSR count). The highest BCUT2D eigenvalue weighted by molar-refractivity contribution is 5.99. The Balaban J connectivity index is 1.63. The van der Waals surface area contributed by atoms with E-state index in [4.69, 9.17) is 4.74 Å². The van der Waals surface area contributed by atoms with Gasteiger partial charge in [-0.2, -0.15) is 0 Å². The van der Waals surface area contributed by atoms with Crippen LogP contribution in [0.4, 0.5) is 18.9 Å². The Morgan fingerprint density at radius 3 is 2.65 bits per heavy atom. The molecule has 2 amide bonds. The molecule has 0 aromatic heterocycles. The molecule has 0 fully saturated rings. The third kappa shape index (κ3) is 3.22. The van der Waals surface area contributed by atoms with E-state index in [0.717, 1.165) is 6.07 Å². The van der Waals surface area contributed by atoms with Crippen LogP contribution in [-0.2, 0) is 4.79 Å². The second kappa shape index (κ2) is 7.07. The van der Waals surface area contributed by atoms with Crippen LogP contribution in [0, 0.1) is 17.5 Å². The van der Waals surface area contributed by atoms with E-state index in [1.807, 2.05) is 0 Å². The molecule has 0 saturated carbocycles. The SMILES string of the molecule is CN1C(=O)C(CCNC(=O)c2ccc(F)c(F)c2F)Oc2ccccc21. The van der Waals surface area contributed by atoms with Crippen molar-refractivity contribution in [2.24, 2.45) is 0 Å². The molecule has 1 unspecified atom stereocenters. The van der Waals surface area contributed by atoms with Gasteiger partial charge >= 0.3 is 0 Å². The predicted octanol–water partition coefficient (Wildman–Crippen LogP) is 2.65. The molecule has 1 aliphatic heterocycles. The fourth-order valence-electron chi connectivity index (χ4n) is 2.67. The van der Waals surface area contributed by atoms with Crippen molar-refractivity contribution < 1.29 is 27.5 Å². The Kier molecular flexibility index (Phi) is 4.83. The third-order valence-electron chi connectivity index (χ3n) is 4.07. The number of benzene rings is 2. The Hall–Kier alpha value is -3.03. The number of nitrogens with zero attached hydrogens (tertiary/aromatic N) is 1. The molecule has 1 heterocycles. The van der Waals surface area contributed by atoms with Gasteiger partial charge in [-0.1, -0.05) is 12.1 Å². The maximum atomic E-state index is 13.6. The number of likely N-dealkylation sites (N-methyl/N-ethyl adjacent to an activating group) is 1. The number of anilines is 1. The second-order valence-corrected chi connectivity index (χ2v) is 5.74. The number of carbonyl (C=O) groups excluding carboxylic acids is 2. The Morgan fingerprint density at radius 2 is 1.88 bits per heavy atom. The summed E-state index contributed by atoms with van der Waals surface area (Å²) in [5, 5.41) is 2.37. The first kappa shape index (κ1) is 17.8. The van der Waals surface area contributed by atoms with Crippen molar-refractivity contribution in [3.05, 3.63) is 59.4 Å². The lowest BCUT2D eigenvalue weighted by Crippen LogP contribution is -2.45. The summed E-state index contributed by atoms with van der Waals surface area (Å²) in [6, 6.07) is 8.55. The minimum absolute atomic E-state index is 0.0102. The number of fused-ring (bicyclic) bond motifs is 1. The van der Waals surface area contributed by atoms with Crippen LogP contribution in [0.3, 0.4) is 0 Å². The third-order valence-corrected chi connectivity index (χ3v) is 4.07. The minimum Gasteiger partial charge on any atom is -0.478 e. The van der Waals surface area contributed by atoms with E-state index in [9.17, 15) is 22.8 Å². The molecule has 0 aliphatic carbocycles. The summed E-state index contributed by atoms with van der Waals surface area (Å²) in [6.45, 7) is -0.0102. The van der Waals surface area contributed by atoms with E-state index >= 15 is 0 Å². The van der Waals surface area contributed by atoms with Gasteiger partial charge in [-0.15, -0.1) is 0 Å². The molecule has 1 atom stereocenters. The van der Waals surface area contributed by atoms with Gasteiger partial charge in [0.2, 0.25) is 0 Å². The van der Waals surface area contributed by atoms with E-state index in [1.165, 1.54) is 4.90 Å². The summed E-state index contributed by atoms with van der Waals surface area (Å²) in [5.74, 6) is -5.28. The van der Waals surface area contributed by atoms with Crippen LogP contribution >= 0.6 is 0 Å². The number of amides is 2. The van der Waals surface area contributed by atoms with Gasteiger partial charge in [0.25, 0.3) is 11.8 Å². The summed E-state index contributed by atoms with van der Waals surface area (Å²) < 4.78 is 45.4. The Morgan fingerprint density at radius 1 is 1.15 bits per heavy atom. The van der Waals surface area contributed by atoms with Crippen LogP contribution in [0.15, 0.2) is 36.4 Å². The van der Waals surface area contributed by atoms with Crippen molar-refractivity contribution in [3.63, 3.8) is 0 Å². The van der Waals surface area contributed by atoms with Gasteiger partial charge in [0.15, 0.2) is 23.6 Å². The molecule has 0 spiro atoms. The van der Waals surface area contributed by atoms with Gasteiger partial charge < -0.3 is 15.0 Å². The smallest absolute Gasteiger partial charge is 0.267 e. The molecule has 8 heteroatoms. The lowest BCUT2D eigenvalue weighted by Gasteiger charge is -2.31. The van der Waals surface area contributed by atoms with Crippen LogP contribution in [0.2, 0.25) is 0 Å². The van der Waals surface area contributed by atoms with E-state index in [1.54, 1.807) is 31.3 Å². The number of hydrogen-bond donors (Lipinski definition) is 1. The van der Waals surface area contributed by atoms with Gasteiger partial charge in [-0.05, 0) is 24.3 Å². The number of rotatable bonds is 4. The van der Waals surface area contributed by atoms with Crippen molar-refractivity contribution >= 4 is 17.5 Å². The Labute approximate surface area is 147 Å². The number of carbonyl (C=O) groups is 2. The average molecular weight is 364 g/mol. The minimum atomic E-state index is -1.71. The van der Waals surface area contributed by atoms with Crippen molar-refractivity contribution in [1.82, 2.24) is 5.32 Å². The van der Waals surface area contributed by atoms with Gasteiger partial charge in [-0.3, -0.25) is 9.59 Å². The lowest BCUT2D eigenvalue weighted by atomic mass is 10.1. The van der Waals surface area contributed by atoms with Gasteiger partial charge in [-0.25, -0.2) is 13.2 Å². The molecular weight excluding hydrogens is 349 g/mol. The topological polar surface area (TPSA) is 58.6 Å². The molecular formula is C18H15F3N2O3. The van der Waals surface area contributed by atoms with Crippen molar-refractivity contribution in [1.29, 1.82) is 0 Å². The van der Waals surface area contributed by atoms with E-state index in [0.29, 0.717) is 17.5 Å². The monoisotopic (exact) mass is 364 g/mol.